The molecular weight excluding hydrogens is 271 g/mol. The monoisotopic (exact) mass is 290 g/mol. The molecule has 0 aliphatic rings. The fourth-order valence-corrected chi connectivity index (χ4v) is 3.13. The van der Waals surface area contributed by atoms with Crippen LogP contribution >= 0.6 is 0 Å². The van der Waals surface area contributed by atoms with Gasteiger partial charge in [0, 0.05) is 24.8 Å². The molecule has 19 heavy (non-hydrogen) atoms. The van der Waals surface area contributed by atoms with Crippen molar-refractivity contribution < 1.29 is 17.5 Å². The lowest BCUT2D eigenvalue weighted by molar-refractivity contribution is 0.133. The van der Waals surface area contributed by atoms with Crippen molar-refractivity contribution in [2.45, 2.75) is 31.3 Å². The molecule has 7 heteroatoms. The van der Waals surface area contributed by atoms with Crippen molar-refractivity contribution in [3.8, 4) is 0 Å². The molecule has 0 spiro atoms. The van der Waals surface area contributed by atoms with E-state index in [-0.39, 0.29) is 23.6 Å². The van der Waals surface area contributed by atoms with Gasteiger partial charge in [-0.25, -0.2) is 17.5 Å². The Morgan fingerprint density at radius 2 is 2.16 bits per heavy atom. The molecule has 108 valence electrons. The first kappa shape index (κ1) is 16.0. The molecule has 0 bridgehead atoms. The minimum atomic E-state index is -3.81. The highest BCUT2D eigenvalue weighted by Gasteiger charge is 2.22. The Balaban J connectivity index is 2.98. The number of hydrogen-bond acceptors (Lipinski definition) is 4. The summed E-state index contributed by atoms with van der Waals surface area (Å²) in [5, 5.41) is 0. The molecule has 3 N–H and O–H groups in total. The zero-order valence-electron chi connectivity index (χ0n) is 11.0. The summed E-state index contributed by atoms with van der Waals surface area (Å²) in [7, 11) is -3.81. The molecule has 0 aromatic heterocycles. The van der Waals surface area contributed by atoms with Crippen LogP contribution in [-0.4, -0.2) is 27.7 Å². The second kappa shape index (κ2) is 6.95. The third-order valence-electron chi connectivity index (χ3n) is 2.50. The van der Waals surface area contributed by atoms with Crippen LogP contribution in [-0.2, 0) is 21.3 Å². The number of ether oxygens (including phenoxy) is 1. The molecule has 0 heterocycles. The second-order valence-electron chi connectivity index (χ2n) is 4.10. The van der Waals surface area contributed by atoms with E-state index in [0.29, 0.717) is 6.61 Å². The maximum Gasteiger partial charge on any atom is 0.241 e. The highest BCUT2D eigenvalue weighted by atomic mass is 32.2. The van der Waals surface area contributed by atoms with Crippen LogP contribution in [0, 0.1) is 5.82 Å². The quantitative estimate of drug-likeness (QED) is 0.784. The summed E-state index contributed by atoms with van der Waals surface area (Å²) >= 11 is 0. The van der Waals surface area contributed by atoms with E-state index in [1.807, 2.05) is 6.92 Å². The fourth-order valence-electron chi connectivity index (χ4n) is 1.65. The van der Waals surface area contributed by atoms with E-state index in [9.17, 15) is 12.8 Å². The first-order chi connectivity index (χ1) is 8.92. The van der Waals surface area contributed by atoms with E-state index in [1.165, 1.54) is 18.2 Å². The van der Waals surface area contributed by atoms with Crippen molar-refractivity contribution in [3.05, 3.63) is 29.6 Å². The Labute approximate surface area is 113 Å². The van der Waals surface area contributed by atoms with Gasteiger partial charge < -0.3 is 10.5 Å². The van der Waals surface area contributed by atoms with Gasteiger partial charge in [0.1, 0.15) is 5.82 Å². The Morgan fingerprint density at radius 1 is 1.47 bits per heavy atom. The molecule has 1 rings (SSSR count). The van der Waals surface area contributed by atoms with E-state index in [2.05, 4.69) is 4.72 Å². The Morgan fingerprint density at radius 3 is 2.74 bits per heavy atom. The Bertz CT molecular complexity index is 520. The molecule has 0 aliphatic heterocycles. The Hall–Kier alpha value is -1.02. The van der Waals surface area contributed by atoms with Gasteiger partial charge in [0.15, 0.2) is 0 Å². The molecular formula is C12H19FN2O3S. The van der Waals surface area contributed by atoms with Gasteiger partial charge in [0.25, 0.3) is 0 Å². The number of benzene rings is 1. The molecule has 0 radical (unpaired) electrons. The van der Waals surface area contributed by atoms with Crippen LogP contribution in [0.25, 0.3) is 0 Å². The summed E-state index contributed by atoms with van der Waals surface area (Å²) in [4.78, 5) is -0.127. The van der Waals surface area contributed by atoms with Gasteiger partial charge in [-0.05, 0) is 26.0 Å². The number of sulfonamides is 1. The van der Waals surface area contributed by atoms with Crippen LogP contribution in [0.4, 0.5) is 4.39 Å². The average Bonchev–Trinajstić information content (AvgIpc) is 2.35. The molecule has 1 atom stereocenters. The maximum absolute atomic E-state index is 13.5. The third-order valence-corrected chi connectivity index (χ3v) is 4.17. The lowest BCUT2D eigenvalue weighted by atomic mass is 10.2. The number of rotatable bonds is 7. The predicted octanol–water partition coefficient (Wildman–Crippen LogP) is 0.988. The van der Waals surface area contributed by atoms with Crippen LogP contribution in [0.3, 0.4) is 0 Å². The number of hydrogen-bond donors (Lipinski definition) is 2. The van der Waals surface area contributed by atoms with Gasteiger partial charge in [-0.15, -0.1) is 0 Å². The first-order valence-electron chi connectivity index (χ1n) is 6.00. The summed E-state index contributed by atoms with van der Waals surface area (Å²) in [6.45, 7) is 4.07. The highest BCUT2D eigenvalue weighted by molar-refractivity contribution is 7.89. The lowest BCUT2D eigenvalue weighted by Crippen LogP contribution is -2.36. The molecule has 0 fully saturated rings. The van der Waals surface area contributed by atoms with Crippen molar-refractivity contribution >= 4 is 10.0 Å². The van der Waals surface area contributed by atoms with Crippen molar-refractivity contribution in [3.63, 3.8) is 0 Å². The van der Waals surface area contributed by atoms with Gasteiger partial charge in [0.05, 0.1) is 11.5 Å². The zero-order chi connectivity index (χ0) is 14.5. The van der Waals surface area contributed by atoms with E-state index >= 15 is 0 Å². The zero-order valence-corrected chi connectivity index (χ0v) is 11.8. The predicted molar refractivity (Wildman–Crippen MR) is 70.6 cm³/mol. The van der Waals surface area contributed by atoms with Crippen molar-refractivity contribution in [1.29, 1.82) is 0 Å². The van der Waals surface area contributed by atoms with Gasteiger partial charge in [-0.2, -0.15) is 0 Å². The number of nitrogens with two attached hydrogens (primary N) is 1. The minimum absolute atomic E-state index is 0.0152. The normalized spacial score (nSPS) is 13.5. The van der Waals surface area contributed by atoms with E-state index in [0.717, 1.165) is 0 Å². The molecule has 5 nitrogen and oxygen atoms in total. The van der Waals surface area contributed by atoms with E-state index < -0.39 is 21.9 Å². The fraction of sp³-hybridized carbons (Fsp3) is 0.500. The molecule has 0 saturated heterocycles. The SMILES string of the molecule is CCOCC(C)NS(=O)(=O)c1cccc(F)c1CN. The van der Waals surface area contributed by atoms with Crippen LogP contribution in [0.1, 0.15) is 19.4 Å². The summed E-state index contributed by atoms with van der Waals surface area (Å²) < 4.78 is 45.4. The highest BCUT2D eigenvalue weighted by Crippen LogP contribution is 2.18. The van der Waals surface area contributed by atoms with Crippen LogP contribution in [0.2, 0.25) is 0 Å². The van der Waals surface area contributed by atoms with Crippen LogP contribution in [0.15, 0.2) is 23.1 Å². The largest absolute Gasteiger partial charge is 0.380 e. The summed E-state index contributed by atoms with van der Waals surface area (Å²) in [6.07, 6.45) is 0. The third kappa shape index (κ3) is 4.24. The summed E-state index contributed by atoms with van der Waals surface area (Å²) in [5.41, 5.74) is 5.39. The number of halogens is 1. The van der Waals surface area contributed by atoms with Crippen LogP contribution < -0.4 is 10.5 Å². The average molecular weight is 290 g/mol. The standard InChI is InChI=1S/C12H19FN2O3S/c1-3-18-8-9(2)15-19(16,17)12-6-4-5-11(13)10(12)7-14/h4-6,9,15H,3,7-8,14H2,1-2H3. The van der Waals surface area contributed by atoms with Crippen molar-refractivity contribution in [2.75, 3.05) is 13.2 Å². The van der Waals surface area contributed by atoms with Gasteiger partial charge in [-0.1, -0.05) is 6.07 Å². The molecule has 1 unspecified atom stereocenters. The van der Waals surface area contributed by atoms with Crippen molar-refractivity contribution in [1.82, 2.24) is 4.72 Å². The van der Waals surface area contributed by atoms with Gasteiger partial charge in [-0.3, -0.25) is 0 Å². The smallest absolute Gasteiger partial charge is 0.241 e. The topological polar surface area (TPSA) is 81.4 Å². The summed E-state index contributed by atoms with van der Waals surface area (Å²) in [5.74, 6) is -0.622. The molecule has 0 amide bonds. The van der Waals surface area contributed by atoms with Gasteiger partial charge >= 0.3 is 0 Å². The molecule has 0 saturated carbocycles. The van der Waals surface area contributed by atoms with Crippen LogP contribution in [0.5, 0.6) is 0 Å². The van der Waals surface area contributed by atoms with E-state index in [4.69, 9.17) is 10.5 Å². The molecule has 1 aromatic carbocycles. The minimum Gasteiger partial charge on any atom is -0.380 e. The van der Waals surface area contributed by atoms with Gasteiger partial charge in [0.2, 0.25) is 10.0 Å². The van der Waals surface area contributed by atoms with Crippen molar-refractivity contribution in [2.24, 2.45) is 5.73 Å². The Kier molecular flexibility index (Phi) is 5.86. The second-order valence-corrected chi connectivity index (χ2v) is 5.78. The first-order valence-corrected chi connectivity index (χ1v) is 7.48. The summed E-state index contributed by atoms with van der Waals surface area (Å²) in [6, 6.07) is 3.46. The lowest BCUT2D eigenvalue weighted by Gasteiger charge is -2.16. The molecule has 0 aliphatic carbocycles. The number of nitrogens with one attached hydrogen (secondary N) is 1. The maximum atomic E-state index is 13.5. The molecule has 1 aromatic rings. The van der Waals surface area contributed by atoms with E-state index in [1.54, 1.807) is 6.92 Å².